The molecule has 0 saturated carbocycles. The first-order chi connectivity index (χ1) is 7.57. The fourth-order valence-electron chi connectivity index (χ4n) is 1.67. The first-order valence-corrected chi connectivity index (χ1v) is 5.59. The Labute approximate surface area is 98.7 Å². The molecule has 0 aliphatic carbocycles. The maximum absolute atomic E-state index is 4.34. The Morgan fingerprint density at radius 3 is 2.19 bits per heavy atom. The Kier molecular flexibility index (Phi) is 2.86. The lowest BCUT2D eigenvalue weighted by Gasteiger charge is -2.18. The molecule has 0 bridgehead atoms. The second-order valence-corrected chi connectivity index (χ2v) is 5.04. The van der Waals surface area contributed by atoms with Crippen LogP contribution in [-0.2, 0) is 5.21 Å². The standard InChI is InChI=1S/C13H15B2N/c1-13(14,15)11-7-5-10(6-8-11)12-4-2-3-9-16-12/h2-9H,14-15H2,1H3. The first kappa shape index (κ1) is 11.0. The summed E-state index contributed by atoms with van der Waals surface area (Å²) in [5, 5.41) is 0.211. The molecule has 0 spiro atoms. The van der Waals surface area contributed by atoms with Gasteiger partial charge in [0.05, 0.1) is 5.69 Å². The Morgan fingerprint density at radius 1 is 1.00 bits per heavy atom. The van der Waals surface area contributed by atoms with Crippen molar-refractivity contribution in [3.8, 4) is 11.3 Å². The van der Waals surface area contributed by atoms with Crippen LogP contribution in [0.15, 0.2) is 48.7 Å². The van der Waals surface area contributed by atoms with Crippen molar-refractivity contribution in [2.75, 3.05) is 0 Å². The molecule has 2 rings (SSSR count). The summed E-state index contributed by atoms with van der Waals surface area (Å²) in [6, 6.07) is 14.6. The zero-order valence-electron chi connectivity index (χ0n) is 10.1. The topological polar surface area (TPSA) is 12.9 Å². The van der Waals surface area contributed by atoms with Gasteiger partial charge in [-0.25, -0.2) is 0 Å². The molecule has 1 nitrogen and oxygen atoms in total. The van der Waals surface area contributed by atoms with Gasteiger partial charge in [0.15, 0.2) is 0 Å². The average molecular weight is 207 g/mol. The van der Waals surface area contributed by atoms with E-state index in [0.29, 0.717) is 0 Å². The highest BCUT2D eigenvalue weighted by Crippen LogP contribution is 2.21. The predicted octanol–water partition coefficient (Wildman–Crippen LogP) is 1.19. The summed E-state index contributed by atoms with van der Waals surface area (Å²) in [5.41, 5.74) is 3.56. The molecule has 0 aliphatic rings. The van der Waals surface area contributed by atoms with Gasteiger partial charge in [0.1, 0.15) is 15.7 Å². The average Bonchev–Trinajstić information content (AvgIpc) is 2.29. The zero-order chi connectivity index (χ0) is 11.6. The maximum Gasteiger partial charge on any atom is 0.104 e. The van der Waals surface area contributed by atoms with Gasteiger partial charge in [0, 0.05) is 11.8 Å². The van der Waals surface area contributed by atoms with Crippen molar-refractivity contribution < 1.29 is 0 Å². The maximum atomic E-state index is 4.34. The highest BCUT2D eigenvalue weighted by Gasteiger charge is 2.13. The van der Waals surface area contributed by atoms with Crippen LogP contribution in [-0.4, -0.2) is 20.7 Å². The van der Waals surface area contributed by atoms with Gasteiger partial charge in [-0.1, -0.05) is 48.0 Å². The van der Waals surface area contributed by atoms with Crippen molar-refractivity contribution in [2.24, 2.45) is 0 Å². The molecule has 0 unspecified atom stereocenters. The number of aromatic nitrogens is 1. The third-order valence-corrected chi connectivity index (χ3v) is 2.71. The molecule has 0 atom stereocenters. The Hall–Kier alpha value is -1.50. The number of nitrogens with zero attached hydrogens (tertiary/aromatic N) is 1. The normalized spacial score (nSPS) is 11.3. The van der Waals surface area contributed by atoms with Crippen molar-refractivity contribution >= 4 is 15.7 Å². The number of hydrogen-bond donors (Lipinski definition) is 0. The highest BCUT2D eigenvalue weighted by atomic mass is 14.7. The molecule has 16 heavy (non-hydrogen) atoms. The smallest absolute Gasteiger partial charge is 0.104 e. The number of pyridine rings is 1. The summed E-state index contributed by atoms with van der Waals surface area (Å²) in [5.74, 6) is 0. The number of rotatable bonds is 2. The van der Waals surface area contributed by atoms with Crippen LogP contribution in [0.3, 0.4) is 0 Å². The number of benzene rings is 1. The minimum absolute atomic E-state index is 0.211. The van der Waals surface area contributed by atoms with Gasteiger partial charge < -0.3 is 0 Å². The molecule has 0 fully saturated rings. The van der Waals surface area contributed by atoms with Gasteiger partial charge >= 0.3 is 0 Å². The van der Waals surface area contributed by atoms with E-state index in [9.17, 15) is 0 Å². The summed E-state index contributed by atoms with van der Waals surface area (Å²) >= 11 is 0. The van der Waals surface area contributed by atoms with Gasteiger partial charge in [-0.3, -0.25) is 4.98 Å². The SMILES string of the molecule is BC(B)(C)c1ccc(-c2ccccn2)cc1. The lowest BCUT2D eigenvalue weighted by molar-refractivity contribution is 0.973. The third kappa shape index (κ3) is 2.35. The van der Waals surface area contributed by atoms with Gasteiger partial charge in [-0.15, -0.1) is 0 Å². The molecule has 0 amide bonds. The summed E-state index contributed by atoms with van der Waals surface area (Å²) in [6.45, 7) is 2.22. The van der Waals surface area contributed by atoms with E-state index in [1.165, 1.54) is 11.1 Å². The monoisotopic (exact) mass is 207 g/mol. The van der Waals surface area contributed by atoms with Gasteiger partial charge in [0.25, 0.3) is 0 Å². The molecule has 0 radical (unpaired) electrons. The van der Waals surface area contributed by atoms with Crippen LogP contribution in [0.25, 0.3) is 11.3 Å². The van der Waals surface area contributed by atoms with Crippen LogP contribution >= 0.6 is 0 Å². The largest absolute Gasteiger partial charge is 0.256 e. The summed E-state index contributed by atoms with van der Waals surface area (Å²) in [6.07, 6.45) is 1.83. The van der Waals surface area contributed by atoms with E-state index in [0.717, 1.165) is 5.69 Å². The fourth-order valence-corrected chi connectivity index (χ4v) is 1.67. The molecular weight excluding hydrogens is 192 g/mol. The molecule has 1 heterocycles. The van der Waals surface area contributed by atoms with Crippen molar-refractivity contribution in [3.63, 3.8) is 0 Å². The molecule has 78 valence electrons. The lowest BCUT2D eigenvalue weighted by atomic mass is 9.52. The van der Waals surface area contributed by atoms with E-state index >= 15 is 0 Å². The van der Waals surface area contributed by atoms with E-state index in [1.54, 1.807) is 0 Å². The van der Waals surface area contributed by atoms with Crippen LogP contribution < -0.4 is 0 Å². The van der Waals surface area contributed by atoms with Gasteiger partial charge in [-0.05, 0) is 12.1 Å². The second-order valence-electron chi connectivity index (χ2n) is 5.04. The summed E-state index contributed by atoms with van der Waals surface area (Å²) in [4.78, 5) is 4.34. The minimum Gasteiger partial charge on any atom is -0.256 e. The molecule has 0 saturated heterocycles. The molecule has 1 aromatic carbocycles. The van der Waals surface area contributed by atoms with Crippen LogP contribution in [0.4, 0.5) is 0 Å². The van der Waals surface area contributed by atoms with Gasteiger partial charge in [-0.2, -0.15) is 0 Å². The molecule has 2 aromatic rings. The second kappa shape index (κ2) is 4.17. The highest BCUT2D eigenvalue weighted by molar-refractivity contribution is 6.39. The Bertz CT molecular complexity index is 458. The lowest BCUT2D eigenvalue weighted by Crippen LogP contribution is -2.21. The van der Waals surface area contributed by atoms with E-state index < -0.39 is 0 Å². The van der Waals surface area contributed by atoms with E-state index in [-0.39, 0.29) is 5.21 Å². The molecular formula is C13H15B2N. The van der Waals surface area contributed by atoms with E-state index in [1.807, 2.05) is 24.4 Å². The molecule has 3 heteroatoms. The van der Waals surface area contributed by atoms with Crippen molar-refractivity contribution in [3.05, 3.63) is 54.2 Å². The van der Waals surface area contributed by atoms with Crippen LogP contribution in [0.2, 0.25) is 0 Å². The van der Waals surface area contributed by atoms with Crippen LogP contribution in [0.1, 0.15) is 12.5 Å². The predicted molar refractivity (Wildman–Crippen MR) is 74.1 cm³/mol. The molecule has 1 aromatic heterocycles. The van der Waals surface area contributed by atoms with Crippen LogP contribution in [0.5, 0.6) is 0 Å². The molecule has 0 N–H and O–H groups in total. The molecule has 0 aliphatic heterocycles. The van der Waals surface area contributed by atoms with E-state index in [2.05, 4.69) is 51.9 Å². The van der Waals surface area contributed by atoms with Gasteiger partial charge in [0.2, 0.25) is 0 Å². The first-order valence-electron chi connectivity index (χ1n) is 5.59. The summed E-state index contributed by atoms with van der Waals surface area (Å²) in [7, 11) is 4.45. The Morgan fingerprint density at radius 2 is 1.69 bits per heavy atom. The summed E-state index contributed by atoms with van der Waals surface area (Å²) < 4.78 is 0. The van der Waals surface area contributed by atoms with Crippen molar-refractivity contribution in [2.45, 2.75) is 12.1 Å². The zero-order valence-corrected chi connectivity index (χ0v) is 10.1. The van der Waals surface area contributed by atoms with Crippen molar-refractivity contribution in [1.82, 2.24) is 4.98 Å². The van der Waals surface area contributed by atoms with Crippen molar-refractivity contribution in [1.29, 1.82) is 0 Å². The Balaban J connectivity index is 2.34. The van der Waals surface area contributed by atoms with E-state index in [4.69, 9.17) is 0 Å². The minimum atomic E-state index is 0.211. The quantitative estimate of drug-likeness (QED) is 0.673. The van der Waals surface area contributed by atoms with Crippen LogP contribution in [0, 0.1) is 0 Å². The third-order valence-electron chi connectivity index (χ3n) is 2.71. The fraction of sp³-hybridized carbons (Fsp3) is 0.154. The number of hydrogen-bond acceptors (Lipinski definition) is 1.